The summed E-state index contributed by atoms with van der Waals surface area (Å²) in [5.41, 5.74) is 3.71. The van der Waals surface area contributed by atoms with Crippen molar-refractivity contribution in [1.82, 2.24) is 9.97 Å². The number of hydrogen-bond donors (Lipinski definition) is 1. The van der Waals surface area contributed by atoms with Gasteiger partial charge in [0.15, 0.2) is 0 Å². The van der Waals surface area contributed by atoms with Crippen LogP contribution in [0.2, 0.25) is 0 Å². The minimum atomic E-state index is -0.0753. The maximum absolute atomic E-state index is 12.8. The highest BCUT2D eigenvalue weighted by Gasteiger charge is 2.29. The second kappa shape index (κ2) is 7.26. The van der Waals surface area contributed by atoms with Gasteiger partial charge in [-0.2, -0.15) is 4.98 Å². The summed E-state index contributed by atoms with van der Waals surface area (Å²) in [5, 5.41) is 4.02. The molecule has 1 aliphatic rings. The number of nitrogens with one attached hydrogen (secondary N) is 1. The second-order valence-electron chi connectivity index (χ2n) is 7.70. The fourth-order valence-corrected chi connectivity index (χ4v) is 3.83. The first-order chi connectivity index (χ1) is 13.4. The number of rotatable bonds is 3. The van der Waals surface area contributed by atoms with Crippen molar-refractivity contribution in [1.29, 1.82) is 0 Å². The third kappa shape index (κ3) is 3.46. The van der Waals surface area contributed by atoms with Crippen LogP contribution in [0.4, 0.5) is 11.5 Å². The monoisotopic (exact) mass is 378 g/mol. The third-order valence-electron chi connectivity index (χ3n) is 5.53. The van der Waals surface area contributed by atoms with Gasteiger partial charge in [0.25, 0.3) is 0 Å². The molecule has 6 nitrogen and oxygen atoms in total. The number of benzene rings is 1. The van der Waals surface area contributed by atoms with Crippen molar-refractivity contribution in [2.45, 2.75) is 40.5 Å². The molecule has 6 heteroatoms. The van der Waals surface area contributed by atoms with Crippen LogP contribution in [-0.4, -0.2) is 29.0 Å². The molecule has 3 aromatic rings. The lowest BCUT2D eigenvalue weighted by Crippen LogP contribution is -2.41. The summed E-state index contributed by atoms with van der Waals surface area (Å²) in [6.45, 7) is 9.42. The average Bonchev–Trinajstić information content (AvgIpc) is 2.96. The van der Waals surface area contributed by atoms with Crippen LogP contribution in [0.15, 0.2) is 28.7 Å². The molecule has 28 heavy (non-hydrogen) atoms. The lowest BCUT2D eigenvalue weighted by atomic mass is 9.96. The molecule has 1 N–H and O–H groups in total. The molecular formula is C22H26N4O2. The molecule has 1 saturated heterocycles. The van der Waals surface area contributed by atoms with Gasteiger partial charge in [0.1, 0.15) is 17.4 Å². The Bertz CT molecular complexity index is 1020. The molecule has 4 rings (SSSR count). The fourth-order valence-electron chi connectivity index (χ4n) is 3.83. The van der Waals surface area contributed by atoms with Crippen LogP contribution in [0.25, 0.3) is 11.1 Å². The highest BCUT2D eigenvalue weighted by Crippen LogP contribution is 2.33. The standard InChI is InChI=1S/C22H26N4O2/c1-13-7-9-18(10-8-13)25-21(27)17-6-5-11-26(12-17)20-19-14(2)15(3)28-22(19)24-16(4)23-20/h7-10,17H,5-6,11-12H2,1-4H3,(H,25,27)/t17-/m0/s1. The van der Waals surface area contributed by atoms with Crippen molar-refractivity contribution < 1.29 is 9.21 Å². The zero-order valence-corrected chi connectivity index (χ0v) is 16.9. The molecule has 3 heterocycles. The van der Waals surface area contributed by atoms with Crippen molar-refractivity contribution in [3.8, 4) is 0 Å². The van der Waals surface area contributed by atoms with Gasteiger partial charge in [0, 0.05) is 24.3 Å². The zero-order valence-electron chi connectivity index (χ0n) is 16.9. The Labute approximate surface area is 165 Å². The predicted molar refractivity (Wildman–Crippen MR) is 111 cm³/mol. The van der Waals surface area contributed by atoms with E-state index in [0.29, 0.717) is 18.1 Å². The topological polar surface area (TPSA) is 71.3 Å². The van der Waals surface area contributed by atoms with Crippen molar-refractivity contribution in [2.75, 3.05) is 23.3 Å². The third-order valence-corrected chi connectivity index (χ3v) is 5.53. The van der Waals surface area contributed by atoms with Crippen LogP contribution in [0.1, 0.15) is 35.6 Å². The first-order valence-corrected chi connectivity index (χ1v) is 9.79. The van der Waals surface area contributed by atoms with Gasteiger partial charge in [-0.05, 0) is 52.7 Å². The summed E-state index contributed by atoms with van der Waals surface area (Å²) < 4.78 is 5.82. The van der Waals surface area contributed by atoms with Crippen LogP contribution in [0.3, 0.4) is 0 Å². The molecule has 1 aliphatic heterocycles. The van der Waals surface area contributed by atoms with Crippen molar-refractivity contribution in [2.24, 2.45) is 5.92 Å². The van der Waals surface area contributed by atoms with Gasteiger partial charge in [0.05, 0.1) is 11.3 Å². The number of carbonyl (C=O) groups excluding carboxylic acids is 1. The molecule has 146 valence electrons. The van der Waals surface area contributed by atoms with E-state index in [1.54, 1.807) is 0 Å². The molecule has 0 aliphatic carbocycles. The minimum Gasteiger partial charge on any atom is -0.443 e. The van der Waals surface area contributed by atoms with E-state index < -0.39 is 0 Å². The number of amides is 1. The average molecular weight is 378 g/mol. The minimum absolute atomic E-state index is 0.0654. The van der Waals surface area contributed by atoms with E-state index in [1.165, 1.54) is 5.56 Å². The lowest BCUT2D eigenvalue weighted by Gasteiger charge is -2.33. The smallest absolute Gasteiger partial charge is 0.231 e. The van der Waals surface area contributed by atoms with E-state index in [0.717, 1.165) is 47.6 Å². The molecule has 0 bridgehead atoms. The first-order valence-electron chi connectivity index (χ1n) is 9.79. The lowest BCUT2D eigenvalue weighted by molar-refractivity contribution is -0.120. The van der Waals surface area contributed by atoms with Crippen molar-refractivity contribution in [3.63, 3.8) is 0 Å². The van der Waals surface area contributed by atoms with E-state index in [1.807, 2.05) is 52.0 Å². The summed E-state index contributed by atoms with van der Waals surface area (Å²) in [7, 11) is 0. The van der Waals surface area contributed by atoms with Gasteiger partial charge in [-0.25, -0.2) is 4.98 Å². The number of hydrogen-bond acceptors (Lipinski definition) is 5. The van der Waals surface area contributed by atoms with E-state index in [4.69, 9.17) is 9.40 Å². The SMILES string of the molecule is Cc1ccc(NC(=O)[C@H]2CCCN(c3nc(C)nc4oc(C)c(C)c34)C2)cc1. The maximum Gasteiger partial charge on any atom is 0.231 e. The molecule has 0 saturated carbocycles. The van der Waals surface area contributed by atoms with Crippen LogP contribution in [0, 0.1) is 33.6 Å². The summed E-state index contributed by atoms with van der Waals surface area (Å²) in [6, 6.07) is 7.91. The number of anilines is 2. The quantitative estimate of drug-likeness (QED) is 0.735. The number of aryl methyl sites for hydroxylation is 4. The molecule has 1 fully saturated rings. The summed E-state index contributed by atoms with van der Waals surface area (Å²) >= 11 is 0. The molecule has 2 aromatic heterocycles. The second-order valence-corrected chi connectivity index (χ2v) is 7.70. The number of nitrogens with zero attached hydrogens (tertiary/aromatic N) is 3. The Morgan fingerprint density at radius 2 is 1.89 bits per heavy atom. The maximum atomic E-state index is 12.8. The van der Waals surface area contributed by atoms with Crippen LogP contribution >= 0.6 is 0 Å². The molecule has 1 atom stereocenters. The molecule has 1 amide bonds. The van der Waals surface area contributed by atoms with Crippen molar-refractivity contribution in [3.05, 3.63) is 47.0 Å². The van der Waals surface area contributed by atoms with Gasteiger partial charge in [-0.15, -0.1) is 0 Å². The Morgan fingerprint density at radius 1 is 1.14 bits per heavy atom. The van der Waals surface area contributed by atoms with E-state index in [-0.39, 0.29) is 11.8 Å². The van der Waals surface area contributed by atoms with Gasteiger partial charge >= 0.3 is 0 Å². The Balaban J connectivity index is 1.58. The number of aromatic nitrogens is 2. The summed E-state index contributed by atoms with van der Waals surface area (Å²) in [5.74, 6) is 2.42. The van der Waals surface area contributed by atoms with Crippen LogP contribution < -0.4 is 10.2 Å². The molecule has 0 radical (unpaired) electrons. The molecule has 1 aromatic carbocycles. The summed E-state index contributed by atoms with van der Waals surface area (Å²) in [6.07, 6.45) is 1.83. The number of carbonyl (C=O) groups is 1. The largest absolute Gasteiger partial charge is 0.443 e. The van der Waals surface area contributed by atoms with Gasteiger partial charge in [0.2, 0.25) is 11.6 Å². The Morgan fingerprint density at radius 3 is 2.64 bits per heavy atom. The highest BCUT2D eigenvalue weighted by molar-refractivity contribution is 5.94. The Hall–Kier alpha value is -2.89. The van der Waals surface area contributed by atoms with E-state index >= 15 is 0 Å². The van der Waals surface area contributed by atoms with Gasteiger partial charge < -0.3 is 14.6 Å². The van der Waals surface area contributed by atoms with Gasteiger partial charge in [-0.3, -0.25) is 4.79 Å². The number of piperidine rings is 1. The fraction of sp³-hybridized carbons (Fsp3) is 0.409. The molecule has 0 unspecified atom stereocenters. The van der Waals surface area contributed by atoms with Crippen LogP contribution in [-0.2, 0) is 4.79 Å². The highest BCUT2D eigenvalue weighted by atomic mass is 16.3. The molecular weight excluding hydrogens is 352 g/mol. The molecule has 0 spiro atoms. The predicted octanol–water partition coefficient (Wildman–Crippen LogP) is 4.31. The Kier molecular flexibility index (Phi) is 4.79. The number of furan rings is 1. The van der Waals surface area contributed by atoms with Gasteiger partial charge in [-0.1, -0.05) is 17.7 Å². The first kappa shape index (κ1) is 18.5. The van der Waals surface area contributed by atoms with Crippen LogP contribution in [0.5, 0.6) is 0 Å². The zero-order chi connectivity index (χ0) is 19.8. The van der Waals surface area contributed by atoms with E-state index in [2.05, 4.69) is 15.2 Å². The van der Waals surface area contributed by atoms with Crippen molar-refractivity contribution >= 4 is 28.5 Å². The normalized spacial score (nSPS) is 17.1. The van der Waals surface area contributed by atoms with E-state index in [9.17, 15) is 4.79 Å². The number of fused-ring (bicyclic) bond motifs is 1. The summed E-state index contributed by atoms with van der Waals surface area (Å²) in [4.78, 5) is 24.2.